The molecule has 0 radical (unpaired) electrons. The van der Waals surface area contributed by atoms with Crippen molar-refractivity contribution < 1.29 is 19.1 Å². The fourth-order valence-corrected chi connectivity index (χ4v) is 1.96. The maximum atomic E-state index is 12.0. The third kappa shape index (κ3) is 6.60. The molecule has 0 aromatic heterocycles. The third-order valence-electron chi connectivity index (χ3n) is 2.96. The summed E-state index contributed by atoms with van der Waals surface area (Å²) in [5.41, 5.74) is 0.823. The standard InChI is InChI=1S/C16H19Cl2NO4/c1-4-7-22-11(2)16(21)23-10-15(20)19(3)9-12-5-6-13(17)14(18)8-12/h4-6,8,11H,1,7,9-10H2,2-3H3. The summed E-state index contributed by atoms with van der Waals surface area (Å²) in [7, 11) is 1.61. The summed E-state index contributed by atoms with van der Waals surface area (Å²) < 4.78 is 10.0. The van der Waals surface area contributed by atoms with Gasteiger partial charge in [-0.05, 0) is 24.6 Å². The molecule has 126 valence electrons. The van der Waals surface area contributed by atoms with Crippen LogP contribution >= 0.6 is 23.2 Å². The van der Waals surface area contributed by atoms with E-state index in [2.05, 4.69) is 6.58 Å². The Hall–Kier alpha value is -1.56. The van der Waals surface area contributed by atoms with Crippen LogP contribution in [0.3, 0.4) is 0 Å². The molecular formula is C16H19Cl2NO4. The summed E-state index contributed by atoms with van der Waals surface area (Å²) in [5.74, 6) is -0.927. The van der Waals surface area contributed by atoms with Crippen molar-refractivity contribution in [1.82, 2.24) is 4.90 Å². The first-order valence-electron chi connectivity index (χ1n) is 6.92. The van der Waals surface area contributed by atoms with Gasteiger partial charge in [-0.25, -0.2) is 4.79 Å². The van der Waals surface area contributed by atoms with Crippen LogP contribution in [0, 0.1) is 0 Å². The Kier molecular flexibility index (Phi) is 8.09. The van der Waals surface area contributed by atoms with E-state index in [0.29, 0.717) is 16.6 Å². The lowest BCUT2D eigenvalue weighted by molar-refractivity contribution is -0.160. The Morgan fingerprint density at radius 2 is 2.04 bits per heavy atom. The topological polar surface area (TPSA) is 55.8 Å². The molecule has 0 aliphatic rings. The lowest BCUT2D eigenvalue weighted by Gasteiger charge is -2.18. The Bertz CT molecular complexity index is 577. The van der Waals surface area contributed by atoms with Crippen LogP contribution < -0.4 is 0 Å². The lowest BCUT2D eigenvalue weighted by atomic mass is 10.2. The zero-order valence-corrected chi connectivity index (χ0v) is 14.6. The zero-order chi connectivity index (χ0) is 17.4. The molecule has 1 atom stereocenters. The van der Waals surface area contributed by atoms with Crippen molar-refractivity contribution in [3.05, 3.63) is 46.5 Å². The van der Waals surface area contributed by atoms with E-state index in [1.165, 1.54) is 11.0 Å². The number of halogens is 2. The highest BCUT2D eigenvalue weighted by Gasteiger charge is 2.18. The van der Waals surface area contributed by atoms with Crippen LogP contribution in [0.15, 0.2) is 30.9 Å². The van der Waals surface area contributed by atoms with Gasteiger partial charge in [-0.2, -0.15) is 0 Å². The Labute approximate surface area is 145 Å². The van der Waals surface area contributed by atoms with Gasteiger partial charge in [-0.3, -0.25) is 4.79 Å². The van der Waals surface area contributed by atoms with Crippen LogP contribution in [0.4, 0.5) is 0 Å². The van der Waals surface area contributed by atoms with Crippen LogP contribution in [0.1, 0.15) is 12.5 Å². The monoisotopic (exact) mass is 359 g/mol. The van der Waals surface area contributed by atoms with Gasteiger partial charge in [0.05, 0.1) is 16.7 Å². The summed E-state index contributed by atoms with van der Waals surface area (Å²) in [4.78, 5) is 25.0. The Balaban J connectivity index is 2.46. The molecule has 0 aliphatic carbocycles. The van der Waals surface area contributed by atoms with Crippen LogP contribution in [-0.4, -0.2) is 43.1 Å². The zero-order valence-electron chi connectivity index (χ0n) is 13.1. The average molecular weight is 360 g/mol. The predicted molar refractivity (Wildman–Crippen MR) is 89.5 cm³/mol. The molecule has 1 amide bonds. The molecule has 0 aliphatic heterocycles. The van der Waals surface area contributed by atoms with Gasteiger partial charge in [0.25, 0.3) is 5.91 Å². The van der Waals surface area contributed by atoms with Gasteiger partial charge in [-0.1, -0.05) is 35.3 Å². The number of carbonyl (C=O) groups is 2. The van der Waals surface area contributed by atoms with Crippen molar-refractivity contribution in [3.8, 4) is 0 Å². The minimum Gasteiger partial charge on any atom is -0.454 e. The van der Waals surface area contributed by atoms with Crippen LogP contribution in [-0.2, 0) is 25.6 Å². The van der Waals surface area contributed by atoms with Gasteiger partial charge < -0.3 is 14.4 Å². The number of esters is 1. The molecule has 0 bridgehead atoms. The number of rotatable bonds is 8. The minimum absolute atomic E-state index is 0.238. The quantitative estimate of drug-likeness (QED) is 0.528. The third-order valence-corrected chi connectivity index (χ3v) is 3.70. The van der Waals surface area contributed by atoms with Crippen LogP contribution in [0.2, 0.25) is 10.0 Å². The minimum atomic E-state index is -0.749. The molecule has 1 aromatic carbocycles. The molecule has 7 heteroatoms. The van der Waals surface area contributed by atoms with Crippen molar-refractivity contribution in [2.75, 3.05) is 20.3 Å². The first-order chi connectivity index (χ1) is 10.8. The van der Waals surface area contributed by atoms with Gasteiger partial charge in [0.2, 0.25) is 0 Å². The molecule has 0 heterocycles. The van der Waals surface area contributed by atoms with Crippen LogP contribution in [0.5, 0.6) is 0 Å². The number of ether oxygens (including phenoxy) is 2. The van der Waals surface area contributed by atoms with Crippen molar-refractivity contribution in [2.45, 2.75) is 19.6 Å². The Morgan fingerprint density at radius 1 is 1.35 bits per heavy atom. The largest absolute Gasteiger partial charge is 0.454 e. The number of hydrogen-bond donors (Lipinski definition) is 0. The first kappa shape index (κ1) is 19.5. The normalized spacial score (nSPS) is 11.7. The molecule has 0 saturated heterocycles. The second-order valence-electron chi connectivity index (χ2n) is 4.87. The van der Waals surface area contributed by atoms with E-state index < -0.39 is 12.1 Å². The van der Waals surface area contributed by atoms with E-state index in [9.17, 15) is 9.59 Å². The molecule has 1 aromatic rings. The number of nitrogens with zero attached hydrogens (tertiary/aromatic N) is 1. The Morgan fingerprint density at radius 3 is 2.65 bits per heavy atom. The highest BCUT2D eigenvalue weighted by molar-refractivity contribution is 6.42. The molecule has 5 nitrogen and oxygen atoms in total. The SMILES string of the molecule is C=CCOC(C)C(=O)OCC(=O)N(C)Cc1ccc(Cl)c(Cl)c1. The van der Waals surface area contributed by atoms with Crippen molar-refractivity contribution in [1.29, 1.82) is 0 Å². The summed E-state index contributed by atoms with van der Waals surface area (Å²) in [6, 6.07) is 5.12. The lowest BCUT2D eigenvalue weighted by Crippen LogP contribution is -2.33. The maximum Gasteiger partial charge on any atom is 0.335 e. The van der Waals surface area contributed by atoms with E-state index in [4.69, 9.17) is 32.7 Å². The summed E-state index contributed by atoms with van der Waals surface area (Å²) >= 11 is 11.8. The fourth-order valence-electron chi connectivity index (χ4n) is 1.64. The van der Waals surface area contributed by atoms with Gasteiger partial charge in [0.15, 0.2) is 12.7 Å². The highest BCUT2D eigenvalue weighted by Crippen LogP contribution is 2.23. The van der Waals surface area contributed by atoms with Gasteiger partial charge in [0.1, 0.15) is 0 Å². The number of likely N-dealkylation sites (N-methyl/N-ethyl adjacent to an activating group) is 1. The van der Waals surface area contributed by atoms with Gasteiger partial charge >= 0.3 is 5.97 Å². The second-order valence-corrected chi connectivity index (χ2v) is 5.68. The second kappa shape index (κ2) is 9.55. The van der Waals surface area contributed by atoms with Gasteiger partial charge in [0, 0.05) is 13.6 Å². The van der Waals surface area contributed by atoms with E-state index in [-0.39, 0.29) is 19.1 Å². The number of carbonyl (C=O) groups excluding carboxylic acids is 2. The molecule has 1 unspecified atom stereocenters. The predicted octanol–water partition coefficient (Wildman–Crippen LogP) is 3.09. The van der Waals surface area contributed by atoms with E-state index in [1.54, 1.807) is 32.2 Å². The highest BCUT2D eigenvalue weighted by atomic mass is 35.5. The maximum absolute atomic E-state index is 12.0. The first-order valence-corrected chi connectivity index (χ1v) is 7.67. The number of amides is 1. The van der Waals surface area contributed by atoms with E-state index >= 15 is 0 Å². The molecular weight excluding hydrogens is 341 g/mol. The molecule has 0 saturated carbocycles. The summed E-state index contributed by atoms with van der Waals surface area (Å²) in [6.45, 7) is 5.25. The average Bonchev–Trinajstić information content (AvgIpc) is 2.53. The van der Waals surface area contributed by atoms with E-state index in [0.717, 1.165) is 5.56 Å². The van der Waals surface area contributed by atoms with Gasteiger partial charge in [-0.15, -0.1) is 6.58 Å². The smallest absolute Gasteiger partial charge is 0.335 e. The fraction of sp³-hybridized carbons (Fsp3) is 0.375. The van der Waals surface area contributed by atoms with Crippen LogP contribution in [0.25, 0.3) is 0 Å². The van der Waals surface area contributed by atoms with Crippen molar-refractivity contribution in [3.63, 3.8) is 0 Å². The molecule has 0 N–H and O–H groups in total. The number of benzene rings is 1. The van der Waals surface area contributed by atoms with Crippen molar-refractivity contribution in [2.24, 2.45) is 0 Å². The molecule has 0 spiro atoms. The summed E-state index contributed by atoms with van der Waals surface area (Å²) in [6.07, 6.45) is 0.779. The molecule has 23 heavy (non-hydrogen) atoms. The number of hydrogen-bond acceptors (Lipinski definition) is 4. The molecule has 1 rings (SSSR count). The molecule has 0 fully saturated rings. The summed E-state index contributed by atoms with van der Waals surface area (Å²) in [5, 5.41) is 0.872. The van der Waals surface area contributed by atoms with Crippen molar-refractivity contribution >= 4 is 35.1 Å². The van der Waals surface area contributed by atoms with E-state index in [1.807, 2.05) is 0 Å².